The molecule has 1 N–H and O–H groups in total. The van der Waals surface area contributed by atoms with E-state index in [-0.39, 0.29) is 63.3 Å². The normalized spacial score (nSPS) is 15.4. The number of nitrogens with one attached hydrogen (secondary N) is 1. The fourth-order valence-corrected chi connectivity index (χ4v) is 5.25. The lowest BCUT2D eigenvalue weighted by Gasteiger charge is -2.26. The molecule has 184 valence electrons. The van der Waals surface area contributed by atoms with Gasteiger partial charge in [-0.05, 0) is 37.3 Å². The molecule has 2 aromatic rings. The predicted molar refractivity (Wildman–Crippen MR) is 128 cm³/mol. The molecular formula is C21H21Cl3N2O7S. The number of amides is 1. The van der Waals surface area contributed by atoms with Crippen molar-refractivity contribution >= 4 is 62.4 Å². The van der Waals surface area contributed by atoms with Gasteiger partial charge in [-0.1, -0.05) is 34.8 Å². The van der Waals surface area contributed by atoms with E-state index in [0.717, 1.165) is 6.07 Å². The molecule has 1 saturated heterocycles. The number of benzene rings is 2. The molecule has 9 nitrogen and oxygen atoms in total. The Labute approximate surface area is 211 Å². The smallest absolute Gasteiger partial charge is 0.338 e. The van der Waals surface area contributed by atoms with Crippen LogP contribution in [0.25, 0.3) is 0 Å². The van der Waals surface area contributed by atoms with Gasteiger partial charge < -0.3 is 19.5 Å². The molecule has 13 heteroatoms. The highest BCUT2D eigenvalue weighted by molar-refractivity contribution is 7.89. The van der Waals surface area contributed by atoms with E-state index in [1.54, 1.807) is 0 Å². The van der Waals surface area contributed by atoms with Crippen molar-refractivity contribution < 1.29 is 32.2 Å². The molecule has 2 aromatic carbocycles. The lowest BCUT2D eigenvalue weighted by Crippen LogP contribution is -2.40. The molecule has 0 aromatic heterocycles. The summed E-state index contributed by atoms with van der Waals surface area (Å²) >= 11 is 17.9. The second kappa shape index (κ2) is 11.1. The van der Waals surface area contributed by atoms with Gasteiger partial charge in [0.25, 0.3) is 5.91 Å². The van der Waals surface area contributed by atoms with E-state index >= 15 is 0 Å². The number of sulfonamides is 1. The average Bonchev–Trinajstić information content (AvgIpc) is 2.82. The fourth-order valence-electron chi connectivity index (χ4n) is 3.07. The average molecular weight is 552 g/mol. The molecule has 0 unspecified atom stereocenters. The maximum Gasteiger partial charge on any atom is 0.338 e. The van der Waals surface area contributed by atoms with Gasteiger partial charge in [0, 0.05) is 13.1 Å². The van der Waals surface area contributed by atoms with E-state index in [0.29, 0.717) is 0 Å². The third-order valence-corrected chi connectivity index (χ3v) is 7.86. The van der Waals surface area contributed by atoms with Gasteiger partial charge in [-0.3, -0.25) is 4.79 Å². The van der Waals surface area contributed by atoms with Crippen LogP contribution in [0.5, 0.6) is 5.75 Å². The van der Waals surface area contributed by atoms with Crippen LogP contribution in [-0.4, -0.2) is 64.1 Å². The summed E-state index contributed by atoms with van der Waals surface area (Å²) in [5.74, 6) is -1.50. The molecule has 0 saturated carbocycles. The summed E-state index contributed by atoms with van der Waals surface area (Å²) in [6.07, 6.45) is -1.24. The van der Waals surface area contributed by atoms with Crippen molar-refractivity contribution in [3.05, 3.63) is 51.0 Å². The van der Waals surface area contributed by atoms with Crippen molar-refractivity contribution in [3.63, 3.8) is 0 Å². The Morgan fingerprint density at radius 1 is 1.06 bits per heavy atom. The first-order chi connectivity index (χ1) is 16.0. The summed E-state index contributed by atoms with van der Waals surface area (Å²) in [5.41, 5.74) is 0.118. The number of ether oxygens (including phenoxy) is 3. The number of carbonyl (C=O) groups is 2. The number of hydrogen-bond acceptors (Lipinski definition) is 7. The van der Waals surface area contributed by atoms with Crippen LogP contribution >= 0.6 is 34.8 Å². The molecule has 1 fully saturated rings. The van der Waals surface area contributed by atoms with Gasteiger partial charge >= 0.3 is 5.97 Å². The van der Waals surface area contributed by atoms with E-state index in [2.05, 4.69) is 5.32 Å². The summed E-state index contributed by atoms with van der Waals surface area (Å²) in [6.45, 7) is 2.23. The molecule has 1 aliphatic heterocycles. The van der Waals surface area contributed by atoms with Crippen molar-refractivity contribution in [1.29, 1.82) is 0 Å². The minimum atomic E-state index is -3.96. The summed E-state index contributed by atoms with van der Waals surface area (Å²) < 4.78 is 43.1. The first kappa shape index (κ1) is 26.5. The third kappa shape index (κ3) is 5.94. The van der Waals surface area contributed by atoms with E-state index in [4.69, 9.17) is 49.0 Å². The third-order valence-electron chi connectivity index (χ3n) is 4.91. The topological polar surface area (TPSA) is 111 Å². The van der Waals surface area contributed by atoms with Crippen molar-refractivity contribution in [2.45, 2.75) is 17.9 Å². The minimum Gasteiger partial charge on any atom is -0.495 e. The molecule has 0 radical (unpaired) electrons. The molecule has 0 spiro atoms. The Balaban J connectivity index is 1.77. The van der Waals surface area contributed by atoms with E-state index < -0.39 is 28.0 Å². The summed E-state index contributed by atoms with van der Waals surface area (Å²) in [6, 6.07) is 6.59. The van der Waals surface area contributed by atoms with Gasteiger partial charge in [-0.25, -0.2) is 13.2 Å². The van der Waals surface area contributed by atoms with Gasteiger partial charge in [0.15, 0.2) is 6.10 Å². The van der Waals surface area contributed by atoms with Crippen LogP contribution < -0.4 is 10.1 Å². The molecule has 1 heterocycles. The van der Waals surface area contributed by atoms with Crippen LogP contribution in [0, 0.1) is 0 Å². The highest BCUT2D eigenvalue weighted by atomic mass is 35.5. The Morgan fingerprint density at radius 3 is 2.35 bits per heavy atom. The van der Waals surface area contributed by atoms with Crippen molar-refractivity contribution in [1.82, 2.24) is 4.31 Å². The standard InChI is InChI=1S/C21H21Cl3N2O7S/c1-12(20(27)25-17-11-15(23)14(22)10-16(17)24)33-21(28)13-3-4-18(31-2)19(9-13)34(29,30)26-5-7-32-8-6-26/h3-4,9-12H,5-8H2,1-2H3,(H,25,27)/t12-/m1/s1. The Hall–Kier alpha value is -2.08. The lowest BCUT2D eigenvalue weighted by molar-refractivity contribution is -0.123. The first-order valence-electron chi connectivity index (χ1n) is 9.97. The van der Waals surface area contributed by atoms with E-state index in [1.165, 1.54) is 42.6 Å². The highest BCUT2D eigenvalue weighted by Crippen LogP contribution is 2.32. The molecular weight excluding hydrogens is 531 g/mol. The van der Waals surface area contributed by atoms with Gasteiger partial charge in [0.2, 0.25) is 10.0 Å². The van der Waals surface area contributed by atoms with Crippen LogP contribution in [0.2, 0.25) is 15.1 Å². The van der Waals surface area contributed by atoms with Crippen molar-refractivity contribution in [2.75, 3.05) is 38.7 Å². The largest absolute Gasteiger partial charge is 0.495 e. The Kier molecular flexibility index (Phi) is 8.66. The molecule has 1 amide bonds. The molecule has 34 heavy (non-hydrogen) atoms. The number of hydrogen-bond donors (Lipinski definition) is 1. The van der Waals surface area contributed by atoms with E-state index in [1.807, 2.05) is 0 Å². The maximum atomic E-state index is 13.1. The molecule has 3 rings (SSSR count). The second-order valence-electron chi connectivity index (χ2n) is 7.17. The second-order valence-corrected chi connectivity index (χ2v) is 10.3. The van der Waals surface area contributed by atoms with Crippen LogP contribution in [-0.2, 0) is 24.3 Å². The molecule has 1 atom stereocenters. The zero-order chi connectivity index (χ0) is 25.0. The number of anilines is 1. The summed E-state index contributed by atoms with van der Waals surface area (Å²) in [5, 5.41) is 3.05. The van der Waals surface area contributed by atoms with Gasteiger partial charge in [-0.15, -0.1) is 0 Å². The Bertz CT molecular complexity index is 1200. The van der Waals surface area contributed by atoms with Gasteiger partial charge in [-0.2, -0.15) is 4.31 Å². The molecule has 0 bridgehead atoms. The highest BCUT2D eigenvalue weighted by Gasteiger charge is 2.31. The number of rotatable bonds is 7. The van der Waals surface area contributed by atoms with E-state index in [9.17, 15) is 18.0 Å². The number of esters is 1. The number of nitrogens with zero attached hydrogens (tertiary/aromatic N) is 1. The van der Waals surface area contributed by atoms with Crippen LogP contribution in [0.1, 0.15) is 17.3 Å². The number of methoxy groups -OCH3 is 1. The SMILES string of the molecule is COc1ccc(C(=O)O[C@H](C)C(=O)Nc2cc(Cl)c(Cl)cc2Cl)cc1S(=O)(=O)N1CCOCC1. The predicted octanol–water partition coefficient (Wildman–Crippen LogP) is 3.86. The van der Waals surface area contributed by atoms with Gasteiger partial charge in [0.05, 0.1) is 46.6 Å². The minimum absolute atomic E-state index is 0.0696. The quantitative estimate of drug-likeness (QED) is 0.411. The summed E-state index contributed by atoms with van der Waals surface area (Å²) in [7, 11) is -2.63. The number of carbonyl (C=O) groups excluding carboxylic acids is 2. The van der Waals surface area contributed by atoms with Crippen molar-refractivity contribution in [3.8, 4) is 5.75 Å². The summed E-state index contributed by atoms with van der Waals surface area (Å²) in [4.78, 5) is 25.0. The zero-order valence-corrected chi connectivity index (χ0v) is 21.2. The zero-order valence-electron chi connectivity index (χ0n) is 18.1. The van der Waals surface area contributed by atoms with Gasteiger partial charge in [0.1, 0.15) is 10.6 Å². The van der Waals surface area contributed by atoms with Crippen molar-refractivity contribution in [2.24, 2.45) is 0 Å². The first-order valence-corrected chi connectivity index (χ1v) is 12.5. The maximum absolute atomic E-state index is 13.1. The van der Waals surface area contributed by atoms with Crippen LogP contribution in [0.15, 0.2) is 35.2 Å². The van der Waals surface area contributed by atoms with Crippen LogP contribution in [0.4, 0.5) is 5.69 Å². The number of morpholine rings is 1. The Morgan fingerprint density at radius 2 is 1.71 bits per heavy atom. The fraction of sp³-hybridized carbons (Fsp3) is 0.333. The monoisotopic (exact) mass is 550 g/mol. The molecule has 0 aliphatic carbocycles. The number of halogens is 3. The van der Waals surface area contributed by atoms with Crippen LogP contribution in [0.3, 0.4) is 0 Å². The lowest BCUT2D eigenvalue weighted by atomic mass is 10.2. The molecule has 1 aliphatic rings.